The minimum atomic E-state index is 0. The SMILES string of the molecule is C1CCC(OC2=C(OC3CCCC3)CC2)CC1.O. The van der Waals surface area contributed by atoms with E-state index in [0.717, 1.165) is 12.8 Å². The van der Waals surface area contributed by atoms with Gasteiger partial charge in [-0.3, -0.25) is 0 Å². The molecule has 104 valence electrons. The van der Waals surface area contributed by atoms with Crippen LogP contribution in [0.2, 0.25) is 0 Å². The molecule has 0 aromatic heterocycles. The van der Waals surface area contributed by atoms with Gasteiger partial charge in [0.25, 0.3) is 0 Å². The Morgan fingerprint density at radius 3 is 1.39 bits per heavy atom. The van der Waals surface area contributed by atoms with Gasteiger partial charge in [0.05, 0.1) is 12.2 Å². The first kappa shape index (κ1) is 13.7. The molecule has 0 saturated heterocycles. The van der Waals surface area contributed by atoms with E-state index in [0.29, 0.717) is 12.2 Å². The highest BCUT2D eigenvalue weighted by Gasteiger charge is 2.27. The topological polar surface area (TPSA) is 50.0 Å². The molecule has 0 atom stereocenters. The average Bonchev–Trinajstić information content (AvgIpc) is 2.86. The Morgan fingerprint density at radius 1 is 0.611 bits per heavy atom. The van der Waals surface area contributed by atoms with Crippen LogP contribution in [0.25, 0.3) is 0 Å². The van der Waals surface area contributed by atoms with Crippen LogP contribution in [-0.2, 0) is 9.47 Å². The van der Waals surface area contributed by atoms with Gasteiger partial charge in [0.1, 0.15) is 11.5 Å². The minimum absolute atomic E-state index is 0. The number of hydrogen-bond donors (Lipinski definition) is 0. The van der Waals surface area contributed by atoms with Crippen molar-refractivity contribution in [1.82, 2.24) is 0 Å². The van der Waals surface area contributed by atoms with Crippen LogP contribution in [0.4, 0.5) is 0 Å². The van der Waals surface area contributed by atoms with Gasteiger partial charge in [0.15, 0.2) is 0 Å². The Labute approximate surface area is 110 Å². The molecule has 0 radical (unpaired) electrons. The molecule has 3 nitrogen and oxygen atoms in total. The van der Waals surface area contributed by atoms with Gasteiger partial charge in [-0.1, -0.05) is 6.42 Å². The minimum Gasteiger partial charge on any atom is -0.491 e. The third-order valence-corrected chi connectivity index (χ3v) is 4.36. The fraction of sp³-hybridized carbons (Fsp3) is 0.867. The fourth-order valence-electron chi connectivity index (χ4n) is 3.17. The predicted octanol–water partition coefficient (Wildman–Crippen LogP) is 3.48. The lowest BCUT2D eigenvalue weighted by Crippen LogP contribution is -2.22. The average molecular weight is 254 g/mol. The lowest BCUT2D eigenvalue weighted by Gasteiger charge is -2.31. The van der Waals surface area contributed by atoms with E-state index >= 15 is 0 Å². The van der Waals surface area contributed by atoms with Crippen LogP contribution in [-0.4, -0.2) is 17.7 Å². The molecule has 18 heavy (non-hydrogen) atoms. The maximum atomic E-state index is 6.10. The van der Waals surface area contributed by atoms with E-state index in [-0.39, 0.29) is 5.48 Å². The summed E-state index contributed by atoms with van der Waals surface area (Å²) in [4.78, 5) is 0. The van der Waals surface area contributed by atoms with E-state index < -0.39 is 0 Å². The molecular formula is C15H26O3. The van der Waals surface area contributed by atoms with Crippen molar-refractivity contribution in [2.75, 3.05) is 0 Å². The second kappa shape index (κ2) is 6.46. The third kappa shape index (κ3) is 3.19. The van der Waals surface area contributed by atoms with Crippen LogP contribution >= 0.6 is 0 Å². The highest BCUT2D eigenvalue weighted by molar-refractivity contribution is 5.14. The van der Waals surface area contributed by atoms with Gasteiger partial charge in [-0.15, -0.1) is 0 Å². The van der Waals surface area contributed by atoms with Crippen molar-refractivity contribution < 1.29 is 14.9 Å². The van der Waals surface area contributed by atoms with Gasteiger partial charge in [0, 0.05) is 12.8 Å². The predicted molar refractivity (Wildman–Crippen MR) is 71.2 cm³/mol. The van der Waals surface area contributed by atoms with Crippen LogP contribution in [0.1, 0.15) is 70.6 Å². The number of rotatable bonds is 4. The highest BCUT2D eigenvalue weighted by Crippen LogP contribution is 2.36. The first-order valence-corrected chi connectivity index (χ1v) is 7.47. The Morgan fingerprint density at radius 2 is 1.00 bits per heavy atom. The van der Waals surface area contributed by atoms with E-state index in [1.54, 1.807) is 0 Å². The van der Waals surface area contributed by atoms with Crippen molar-refractivity contribution in [3.63, 3.8) is 0 Å². The zero-order valence-corrected chi connectivity index (χ0v) is 11.2. The second-order valence-corrected chi connectivity index (χ2v) is 5.75. The van der Waals surface area contributed by atoms with E-state index in [2.05, 4.69) is 0 Å². The number of hydrogen-bond acceptors (Lipinski definition) is 2. The zero-order chi connectivity index (χ0) is 11.5. The molecule has 0 bridgehead atoms. The van der Waals surface area contributed by atoms with Crippen LogP contribution in [0.3, 0.4) is 0 Å². The van der Waals surface area contributed by atoms with Gasteiger partial charge >= 0.3 is 0 Å². The Hall–Kier alpha value is -0.700. The van der Waals surface area contributed by atoms with Gasteiger partial charge in [-0.05, 0) is 51.4 Å². The molecule has 0 spiro atoms. The summed E-state index contributed by atoms with van der Waals surface area (Å²) in [6.07, 6.45) is 15.0. The Kier molecular flexibility index (Phi) is 4.93. The van der Waals surface area contributed by atoms with Crippen molar-refractivity contribution in [2.45, 2.75) is 82.8 Å². The molecule has 3 aliphatic carbocycles. The smallest absolute Gasteiger partial charge is 0.134 e. The zero-order valence-electron chi connectivity index (χ0n) is 11.2. The molecule has 0 aliphatic heterocycles. The molecule has 2 saturated carbocycles. The van der Waals surface area contributed by atoms with Gasteiger partial charge < -0.3 is 14.9 Å². The molecule has 0 heterocycles. The molecule has 0 aromatic rings. The maximum Gasteiger partial charge on any atom is 0.134 e. The maximum absolute atomic E-state index is 6.10. The van der Waals surface area contributed by atoms with Crippen LogP contribution in [0.5, 0.6) is 0 Å². The van der Waals surface area contributed by atoms with Gasteiger partial charge in [0.2, 0.25) is 0 Å². The molecule has 3 aliphatic rings. The number of ether oxygens (including phenoxy) is 2. The summed E-state index contributed by atoms with van der Waals surface area (Å²) in [7, 11) is 0. The molecule has 3 rings (SSSR count). The van der Waals surface area contributed by atoms with Crippen LogP contribution in [0.15, 0.2) is 11.5 Å². The Balaban J connectivity index is 0.00000120. The largest absolute Gasteiger partial charge is 0.491 e. The molecule has 3 heteroatoms. The molecule has 2 N–H and O–H groups in total. The van der Waals surface area contributed by atoms with Crippen molar-refractivity contribution in [3.05, 3.63) is 11.5 Å². The van der Waals surface area contributed by atoms with Crippen molar-refractivity contribution in [2.24, 2.45) is 0 Å². The molecule has 0 aromatic carbocycles. The summed E-state index contributed by atoms with van der Waals surface area (Å²) < 4.78 is 12.2. The normalized spacial score (nSPS) is 25.6. The first-order valence-electron chi connectivity index (χ1n) is 7.47. The summed E-state index contributed by atoms with van der Waals surface area (Å²) in [5, 5.41) is 0. The molecule has 2 fully saturated rings. The van der Waals surface area contributed by atoms with Gasteiger partial charge in [-0.2, -0.15) is 0 Å². The van der Waals surface area contributed by atoms with E-state index in [1.165, 1.54) is 69.3 Å². The third-order valence-electron chi connectivity index (χ3n) is 4.36. The van der Waals surface area contributed by atoms with Gasteiger partial charge in [-0.25, -0.2) is 0 Å². The van der Waals surface area contributed by atoms with Crippen molar-refractivity contribution in [3.8, 4) is 0 Å². The Bertz CT molecular complexity index is 286. The molecular weight excluding hydrogens is 228 g/mol. The number of allylic oxidation sites excluding steroid dienone is 2. The van der Waals surface area contributed by atoms with E-state index in [1.807, 2.05) is 0 Å². The lowest BCUT2D eigenvalue weighted by atomic mass is 9.97. The highest BCUT2D eigenvalue weighted by atomic mass is 16.5. The van der Waals surface area contributed by atoms with E-state index in [4.69, 9.17) is 9.47 Å². The summed E-state index contributed by atoms with van der Waals surface area (Å²) in [6.45, 7) is 0. The molecule has 0 amide bonds. The summed E-state index contributed by atoms with van der Waals surface area (Å²) in [5.41, 5.74) is 0. The quantitative estimate of drug-likeness (QED) is 0.771. The molecule has 0 unspecified atom stereocenters. The lowest BCUT2D eigenvalue weighted by molar-refractivity contribution is 0.0251. The summed E-state index contributed by atoms with van der Waals surface area (Å²) in [5.74, 6) is 2.37. The van der Waals surface area contributed by atoms with Crippen LogP contribution < -0.4 is 0 Å². The monoisotopic (exact) mass is 254 g/mol. The summed E-state index contributed by atoms with van der Waals surface area (Å²) in [6, 6.07) is 0. The van der Waals surface area contributed by atoms with E-state index in [9.17, 15) is 0 Å². The first-order chi connectivity index (χ1) is 8.42. The van der Waals surface area contributed by atoms with Crippen molar-refractivity contribution in [1.29, 1.82) is 0 Å². The van der Waals surface area contributed by atoms with Crippen LogP contribution in [0, 0.1) is 0 Å². The summed E-state index contributed by atoms with van der Waals surface area (Å²) >= 11 is 0. The van der Waals surface area contributed by atoms with Crippen molar-refractivity contribution >= 4 is 0 Å². The fourth-order valence-corrected chi connectivity index (χ4v) is 3.17. The second-order valence-electron chi connectivity index (χ2n) is 5.75. The standard InChI is InChI=1S/C15H24O2.H2O/c1-2-6-12(7-3-1)16-14-10-11-15(14)17-13-8-4-5-9-13;/h12-13H,1-11H2;1H2.